The molecule has 21 heavy (non-hydrogen) atoms. The van der Waals surface area contributed by atoms with E-state index in [-0.39, 0.29) is 19.7 Å². The zero-order valence-corrected chi connectivity index (χ0v) is 12.1. The zero-order valence-electron chi connectivity index (χ0n) is 11.3. The van der Waals surface area contributed by atoms with Crippen molar-refractivity contribution in [1.29, 1.82) is 0 Å². The molecule has 0 aliphatic carbocycles. The molecule has 6 nitrogen and oxygen atoms in total. The standard InChI is InChI=1S/C12H16F2N2O4S/c1-7-4-16(5-8(6-17)20-7)21(18,19)12-3-11(15)9(13)2-10(12)14/h2-3,7-8,17H,4-6,15H2,1H3. The van der Waals surface area contributed by atoms with E-state index in [2.05, 4.69) is 0 Å². The summed E-state index contributed by atoms with van der Waals surface area (Å²) in [4.78, 5) is -0.688. The van der Waals surface area contributed by atoms with Crippen molar-refractivity contribution in [2.24, 2.45) is 0 Å². The molecule has 1 fully saturated rings. The number of halogens is 2. The van der Waals surface area contributed by atoms with Crippen LogP contribution in [0.15, 0.2) is 17.0 Å². The maximum Gasteiger partial charge on any atom is 0.246 e. The Hall–Kier alpha value is -1.29. The van der Waals surface area contributed by atoms with Crippen LogP contribution in [0.5, 0.6) is 0 Å². The average molecular weight is 322 g/mol. The quantitative estimate of drug-likeness (QED) is 0.782. The lowest BCUT2D eigenvalue weighted by atomic mass is 10.2. The highest BCUT2D eigenvalue weighted by molar-refractivity contribution is 7.89. The molecule has 1 aromatic carbocycles. The molecule has 0 spiro atoms. The maximum atomic E-state index is 13.8. The van der Waals surface area contributed by atoms with Crippen LogP contribution in [0.1, 0.15) is 6.92 Å². The fourth-order valence-electron chi connectivity index (χ4n) is 2.18. The molecule has 3 N–H and O–H groups in total. The van der Waals surface area contributed by atoms with Crippen LogP contribution in [0.25, 0.3) is 0 Å². The minimum atomic E-state index is -4.19. The second-order valence-corrected chi connectivity index (χ2v) is 6.78. The second kappa shape index (κ2) is 5.84. The third kappa shape index (κ3) is 3.15. The number of aliphatic hydroxyl groups excluding tert-OH is 1. The number of hydrogen-bond donors (Lipinski definition) is 2. The first kappa shape index (κ1) is 16.1. The molecule has 0 bridgehead atoms. The highest BCUT2D eigenvalue weighted by atomic mass is 32.2. The second-order valence-electron chi connectivity index (χ2n) is 4.88. The van der Waals surface area contributed by atoms with Crippen LogP contribution >= 0.6 is 0 Å². The number of hydrogen-bond acceptors (Lipinski definition) is 5. The summed E-state index contributed by atoms with van der Waals surface area (Å²) >= 11 is 0. The third-order valence-corrected chi connectivity index (χ3v) is 5.01. The molecule has 1 aliphatic heterocycles. The summed E-state index contributed by atoms with van der Waals surface area (Å²) in [6, 6.07) is 1.20. The van der Waals surface area contributed by atoms with E-state index in [1.807, 2.05) is 0 Å². The van der Waals surface area contributed by atoms with Gasteiger partial charge in [-0.05, 0) is 13.0 Å². The van der Waals surface area contributed by atoms with E-state index in [1.165, 1.54) is 0 Å². The number of sulfonamides is 1. The molecule has 1 aliphatic rings. The number of nitrogen functional groups attached to an aromatic ring is 1. The van der Waals surface area contributed by atoms with Crippen molar-refractivity contribution in [1.82, 2.24) is 4.31 Å². The van der Waals surface area contributed by atoms with Gasteiger partial charge in [0.1, 0.15) is 16.5 Å². The third-order valence-electron chi connectivity index (χ3n) is 3.17. The van der Waals surface area contributed by atoms with Gasteiger partial charge in [0.25, 0.3) is 0 Å². The van der Waals surface area contributed by atoms with Crippen LogP contribution in [-0.2, 0) is 14.8 Å². The number of anilines is 1. The first-order chi connectivity index (χ1) is 9.75. The fraction of sp³-hybridized carbons (Fsp3) is 0.500. The summed E-state index contributed by atoms with van der Waals surface area (Å²) in [5, 5.41) is 9.11. The van der Waals surface area contributed by atoms with Crippen molar-refractivity contribution in [3.8, 4) is 0 Å². The van der Waals surface area contributed by atoms with Crippen molar-refractivity contribution in [3.05, 3.63) is 23.8 Å². The van der Waals surface area contributed by atoms with Gasteiger partial charge >= 0.3 is 0 Å². The van der Waals surface area contributed by atoms with Crippen LogP contribution in [0, 0.1) is 11.6 Å². The Morgan fingerprint density at radius 3 is 2.67 bits per heavy atom. The zero-order chi connectivity index (χ0) is 15.8. The van der Waals surface area contributed by atoms with Gasteiger partial charge < -0.3 is 15.6 Å². The number of aliphatic hydroxyl groups is 1. The minimum Gasteiger partial charge on any atom is -0.396 e. The summed E-state index contributed by atoms with van der Waals surface area (Å²) in [5.41, 5.74) is 4.86. The highest BCUT2D eigenvalue weighted by Crippen LogP contribution is 2.26. The van der Waals surface area contributed by atoms with E-state index in [0.29, 0.717) is 6.07 Å². The first-order valence-electron chi connectivity index (χ1n) is 6.26. The van der Waals surface area contributed by atoms with Gasteiger partial charge in [-0.25, -0.2) is 17.2 Å². The monoisotopic (exact) mass is 322 g/mol. The molecular formula is C12H16F2N2O4S. The van der Waals surface area contributed by atoms with Crippen molar-refractivity contribution < 1.29 is 27.0 Å². The molecule has 0 aromatic heterocycles. The van der Waals surface area contributed by atoms with E-state index in [1.54, 1.807) is 6.92 Å². The van der Waals surface area contributed by atoms with Crippen molar-refractivity contribution >= 4 is 15.7 Å². The van der Waals surface area contributed by atoms with Crippen molar-refractivity contribution in [2.75, 3.05) is 25.4 Å². The normalized spacial score (nSPS) is 24.2. The lowest BCUT2D eigenvalue weighted by molar-refractivity contribution is -0.0750. The molecule has 1 aromatic rings. The van der Waals surface area contributed by atoms with Gasteiger partial charge in [-0.3, -0.25) is 0 Å². The molecule has 9 heteroatoms. The molecule has 0 radical (unpaired) electrons. The Balaban J connectivity index is 2.40. The van der Waals surface area contributed by atoms with E-state index in [9.17, 15) is 17.2 Å². The van der Waals surface area contributed by atoms with Crippen LogP contribution in [0.4, 0.5) is 14.5 Å². The van der Waals surface area contributed by atoms with Gasteiger partial charge in [0.15, 0.2) is 0 Å². The molecule has 2 unspecified atom stereocenters. The first-order valence-corrected chi connectivity index (χ1v) is 7.70. The Bertz CT molecular complexity index is 638. The van der Waals surface area contributed by atoms with Crippen LogP contribution in [0.2, 0.25) is 0 Å². The average Bonchev–Trinajstić information content (AvgIpc) is 2.41. The SMILES string of the molecule is CC1CN(S(=O)(=O)c2cc(N)c(F)cc2F)CC(CO)O1. The number of rotatable bonds is 3. The number of nitrogens with two attached hydrogens (primary N) is 1. The van der Waals surface area contributed by atoms with Gasteiger partial charge in [-0.2, -0.15) is 4.31 Å². The largest absolute Gasteiger partial charge is 0.396 e. The molecule has 2 rings (SSSR count). The van der Waals surface area contributed by atoms with E-state index < -0.39 is 44.4 Å². The predicted molar refractivity (Wildman–Crippen MR) is 71.0 cm³/mol. The number of ether oxygens (including phenoxy) is 1. The van der Waals surface area contributed by atoms with Crippen molar-refractivity contribution in [3.63, 3.8) is 0 Å². The van der Waals surface area contributed by atoms with Crippen LogP contribution in [-0.4, -0.2) is 49.7 Å². The number of nitrogens with zero attached hydrogens (tertiary/aromatic N) is 1. The number of morpholine rings is 1. The molecule has 1 saturated heterocycles. The van der Waals surface area contributed by atoms with Gasteiger partial charge in [0.2, 0.25) is 10.0 Å². The van der Waals surface area contributed by atoms with E-state index in [0.717, 1.165) is 10.4 Å². The van der Waals surface area contributed by atoms with E-state index >= 15 is 0 Å². The minimum absolute atomic E-state index is 0.00948. The summed E-state index contributed by atoms with van der Waals surface area (Å²) in [6.07, 6.45) is -1.14. The number of benzene rings is 1. The summed E-state index contributed by atoms with van der Waals surface area (Å²) < 4.78 is 58.1. The van der Waals surface area contributed by atoms with Gasteiger partial charge in [0, 0.05) is 19.2 Å². The van der Waals surface area contributed by atoms with Crippen LogP contribution < -0.4 is 5.73 Å². The Morgan fingerprint density at radius 1 is 1.38 bits per heavy atom. The molecular weight excluding hydrogens is 306 g/mol. The molecule has 2 atom stereocenters. The highest BCUT2D eigenvalue weighted by Gasteiger charge is 2.35. The van der Waals surface area contributed by atoms with Crippen LogP contribution in [0.3, 0.4) is 0 Å². The summed E-state index contributed by atoms with van der Waals surface area (Å²) in [7, 11) is -4.19. The van der Waals surface area contributed by atoms with E-state index in [4.69, 9.17) is 15.6 Å². The molecule has 1 heterocycles. The maximum absolute atomic E-state index is 13.8. The molecule has 0 amide bonds. The topological polar surface area (TPSA) is 92.9 Å². The van der Waals surface area contributed by atoms with Gasteiger partial charge in [-0.15, -0.1) is 0 Å². The van der Waals surface area contributed by atoms with Crippen molar-refractivity contribution in [2.45, 2.75) is 24.0 Å². The smallest absolute Gasteiger partial charge is 0.246 e. The summed E-state index contributed by atoms with van der Waals surface area (Å²) in [5.74, 6) is -2.23. The Kier molecular flexibility index (Phi) is 4.47. The summed E-state index contributed by atoms with van der Waals surface area (Å²) in [6.45, 7) is 1.18. The van der Waals surface area contributed by atoms with Gasteiger partial charge in [0.05, 0.1) is 24.5 Å². The molecule has 0 saturated carbocycles. The Labute approximate surface area is 121 Å². The molecule has 118 valence electrons. The Morgan fingerprint density at radius 2 is 2.05 bits per heavy atom. The lowest BCUT2D eigenvalue weighted by Gasteiger charge is -2.35. The lowest BCUT2D eigenvalue weighted by Crippen LogP contribution is -2.50. The fourth-order valence-corrected chi connectivity index (χ4v) is 3.81. The predicted octanol–water partition coefficient (Wildman–Crippen LogP) is 0.317. The van der Waals surface area contributed by atoms with Gasteiger partial charge in [-0.1, -0.05) is 0 Å².